The van der Waals surface area contributed by atoms with Gasteiger partial charge in [0.2, 0.25) is 5.88 Å². The molecule has 22 heavy (non-hydrogen) atoms. The largest absolute Gasteiger partial charge is 0.439 e. The first-order valence-corrected chi connectivity index (χ1v) is 7.70. The number of likely N-dealkylation sites (tertiary alicyclic amines) is 1. The topological polar surface area (TPSA) is 42.4 Å². The van der Waals surface area contributed by atoms with Crippen molar-refractivity contribution in [2.75, 3.05) is 13.1 Å². The lowest BCUT2D eigenvalue weighted by molar-refractivity contribution is 0.0697. The van der Waals surface area contributed by atoms with Gasteiger partial charge >= 0.3 is 0 Å². The molecule has 1 aromatic heterocycles. The molecule has 1 amide bonds. The predicted molar refractivity (Wildman–Crippen MR) is 85.1 cm³/mol. The fraction of sp³-hybridized carbons (Fsp3) is 0.333. The molecule has 0 spiro atoms. The van der Waals surface area contributed by atoms with Crippen LogP contribution in [-0.4, -0.2) is 28.9 Å². The second-order valence-electron chi connectivity index (χ2n) is 5.77. The van der Waals surface area contributed by atoms with Gasteiger partial charge in [0.25, 0.3) is 5.91 Å². The molecule has 1 fully saturated rings. The zero-order valence-electron chi connectivity index (χ0n) is 12.7. The lowest BCUT2D eigenvalue weighted by Crippen LogP contribution is -2.37. The van der Waals surface area contributed by atoms with Crippen LogP contribution in [-0.2, 0) is 0 Å². The van der Waals surface area contributed by atoms with Gasteiger partial charge in [0, 0.05) is 30.9 Å². The molecule has 0 aliphatic carbocycles. The molecule has 4 nitrogen and oxygen atoms in total. The highest BCUT2D eigenvalue weighted by Gasteiger charge is 2.21. The summed E-state index contributed by atoms with van der Waals surface area (Å²) in [5.41, 5.74) is 0.669. The maximum Gasteiger partial charge on any atom is 0.253 e. The Kier molecular flexibility index (Phi) is 4.37. The molecule has 1 aliphatic rings. The molecular formula is C18H20N2O2. The number of benzene rings is 1. The van der Waals surface area contributed by atoms with Gasteiger partial charge in [0.15, 0.2) is 0 Å². The zero-order valence-corrected chi connectivity index (χ0v) is 12.7. The van der Waals surface area contributed by atoms with Gasteiger partial charge in [-0.25, -0.2) is 4.98 Å². The van der Waals surface area contributed by atoms with Crippen molar-refractivity contribution in [2.24, 2.45) is 5.92 Å². The van der Waals surface area contributed by atoms with Gasteiger partial charge in [-0.1, -0.05) is 19.1 Å². The first-order valence-electron chi connectivity index (χ1n) is 7.70. The molecule has 1 saturated heterocycles. The average Bonchev–Trinajstić information content (AvgIpc) is 2.56. The molecule has 2 aromatic rings. The highest BCUT2D eigenvalue weighted by molar-refractivity contribution is 5.94. The van der Waals surface area contributed by atoms with E-state index in [2.05, 4.69) is 11.9 Å². The summed E-state index contributed by atoms with van der Waals surface area (Å²) in [6, 6.07) is 12.8. The molecule has 0 unspecified atom stereocenters. The molecule has 1 aromatic carbocycles. The van der Waals surface area contributed by atoms with Crippen molar-refractivity contribution in [3.63, 3.8) is 0 Å². The van der Waals surface area contributed by atoms with Crippen LogP contribution in [0.15, 0.2) is 48.7 Å². The number of nitrogens with zero attached hydrogens (tertiary/aromatic N) is 2. The Balaban J connectivity index is 1.72. The van der Waals surface area contributed by atoms with Gasteiger partial charge < -0.3 is 9.64 Å². The van der Waals surface area contributed by atoms with Crippen molar-refractivity contribution in [3.8, 4) is 11.6 Å². The molecule has 0 bridgehead atoms. The number of amides is 1. The highest BCUT2D eigenvalue weighted by atomic mass is 16.5. The summed E-state index contributed by atoms with van der Waals surface area (Å²) in [4.78, 5) is 18.6. The van der Waals surface area contributed by atoms with E-state index in [0.717, 1.165) is 25.9 Å². The lowest BCUT2D eigenvalue weighted by Gasteiger charge is -2.30. The molecule has 1 aliphatic heterocycles. The summed E-state index contributed by atoms with van der Waals surface area (Å²) in [6.45, 7) is 3.92. The van der Waals surface area contributed by atoms with E-state index < -0.39 is 0 Å². The van der Waals surface area contributed by atoms with Gasteiger partial charge in [-0.15, -0.1) is 0 Å². The van der Waals surface area contributed by atoms with Crippen LogP contribution in [0.5, 0.6) is 11.6 Å². The van der Waals surface area contributed by atoms with Crippen LogP contribution >= 0.6 is 0 Å². The van der Waals surface area contributed by atoms with Crippen LogP contribution in [0.4, 0.5) is 0 Å². The monoisotopic (exact) mass is 296 g/mol. The Morgan fingerprint density at radius 3 is 2.73 bits per heavy atom. The molecule has 114 valence electrons. The van der Waals surface area contributed by atoms with Gasteiger partial charge in [0.1, 0.15) is 5.75 Å². The first-order chi connectivity index (χ1) is 10.7. The molecule has 4 heteroatoms. The molecule has 0 N–H and O–H groups in total. The predicted octanol–water partition coefficient (Wildman–Crippen LogP) is 3.75. The number of carbonyl (C=O) groups excluding carboxylic acids is 1. The minimum absolute atomic E-state index is 0.0818. The molecular weight excluding hydrogens is 276 g/mol. The quantitative estimate of drug-likeness (QED) is 0.866. The third-order valence-corrected chi connectivity index (χ3v) is 4.01. The Morgan fingerprint density at radius 1 is 1.18 bits per heavy atom. The van der Waals surface area contributed by atoms with Crippen molar-refractivity contribution in [1.29, 1.82) is 0 Å². The third kappa shape index (κ3) is 3.45. The maximum atomic E-state index is 12.6. The van der Waals surface area contributed by atoms with Crippen LogP contribution in [0.25, 0.3) is 0 Å². The second-order valence-corrected chi connectivity index (χ2v) is 5.77. The van der Waals surface area contributed by atoms with Crippen molar-refractivity contribution in [1.82, 2.24) is 9.88 Å². The standard InChI is InChI=1S/C18H20N2O2/c1-14-8-11-20(12-9-14)18(21)15-5-4-6-16(13-15)22-17-7-2-3-10-19-17/h2-7,10,13-14H,8-9,11-12H2,1H3. The molecule has 2 heterocycles. The Bertz CT molecular complexity index is 635. The Labute approximate surface area is 130 Å². The second kappa shape index (κ2) is 6.60. The smallest absolute Gasteiger partial charge is 0.253 e. The minimum Gasteiger partial charge on any atom is -0.439 e. The maximum absolute atomic E-state index is 12.6. The van der Waals surface area contributed by atoms with Crippen LogP contribution in [0.3, 0.4) is 0 Å². The highest BCUT2D eigenvalue weighted by Crippen LogP contribution is 2.22. The van der Waals surface area contributed by atoms with Crippen LogP contribution in [0, 0.1) is 5.92 Å². The van der Waals surface area contributed by atoms with Crippen LogP contribution < -0.4 is 4.74 Å². The number of piperidine rings is 1. The van der Waals surface area contributed by atoms with E-state index in [1.807, 2.05) is 35.2 Å². The molecule has 3 rings (SSSR count). The van der Waals surface area contributed by atoms with E-state index in [4.69, 9.17) is 4.74 Å². The van der Waals surface area contributed by atoms with Crippen LogP contribution in [0.1, 0.15) is 30.1 Å². The Hall–Kier alpha value is -2.36. The first kappa shape index (κ1) is 14.6. The molecule has 0 radical (unpaired) electrons. The number of aromatic nitrogens is 1. The summed E-state index contributed by atoms with van der Waals surface area (Å²) in [5, 5.41) is 0. The van der Waals surface area contributed by atoms with Gasteiger partial charge in [0.05, 0.1) is 0 Å². The van der Waals surface area contributed by atoms with Crippen molar-refractivity contribution in [3.05, 3.63) is 54.2 Å². The Morgan fingerprint density at radius 2 is 2.00 bits per heavy atom. The fourth-order valence-electron chi connectivity index (χ4n) is 2.62. The van der Waals surface area contributed by atoms with E-state index in [1.165, 1.54) is 0 Å². The third-order valence-electron chi connectivity index (χ3n) is 4.01. The average molecular weight is 296 g/mol. The van der Waals surface area contributed by atoms with Gasteiger partial charge in [-0.3, -0.25) is 4.79 Å². The van der Waals surface area contributed by atoms with E-state index in [-0.39, 0.29) is 5.91 Å². The number of rotatable bonds is 3. The minimum atomic E-state index is 0.0818. The summed E-state index contributed by atoms with van der Waals surface area (Å²) < 4.78 is 5.69. The fourth-order valence-corrected chi connectivity index (χ4v) is 2.62. The number of hydrogen-bond acceptors (Lipinski definition) is 3. The van der Waals surface area contributed by atoms with Gasteiger partial charge in [-0.05, 0) is 43.0 Å². The molecule has 0 saturated carbocycles. The van der Waals surface area contributed by atoms with Crippen molar-refractivity contribution in [2.45, 2.75) is 19.8 Å². The van der Waals surface area contributed by atoms with E-state index in [0.29, 0.717) is 23.1 Å². The summed E-state index contributed by atoms with van der Waals surface area (Å²) in [7, 11) is 0. The normalized spacial score (nSPS) is 15.6. The number of hydrogen-bond donors (Lipinski definition) is 0. The lowest BCUT2D eigenvalue weighted by atomic mass is 9.98. The van der Waals surface area contributed by atoms with Gasteiger partial charge in [-0.2, -0.15) is 0 Å². The number of carbonyl (C=O) groups is 1. The summed E-state index contributed by atoms with van der Waals surface area (Å²) in [6.07, 6.45) is 3.84. The van der Waals surface area contributed by atoms with Crippen LogP contribution in [0.2, 0.25) is 0 Å². The summed E-state index contributed by atoms with van der Waals surface area (Å²) in [5.74, 6) is 1.95. The summed E-state index contributed by atoms with van der Waals surface area (Å²) >= 11 is 0. The number of pyridine rings is 1. The molecule has 0 atom stereocenters. The zero-order chi connectivity index (χ0) is 15.4. The van der Waals surface area contributed by atoms with E-state index in [9.17, 15) is 4.79 Å². The SMILES string of the molecule is CC1CCN(C(=O)c2cccc(Oc3ccccn3)c2)CC1. The van der Waals surface area contributed by atoms with E-state index >= 15 is 0 Å². The van der Waals surface area contributed by atoms with Crippen molar-refractivity contribution >= 4 is 5.91 Å². The van der Waals surface area contributed by atoms with Crippen molar-refractivity contribution < 1.29 is 9.53 Å². The van der Waals surface area contributed by atoms with E-state index in [1.54, 1.807) is 18.3 Å². The number of ether oxygens (including phenoxy) is 1.